The highest BCUT2D eigenvalue weighted by atomic mass is 32.1. The van der Waals surface area contributed by atoms with Gasteiger partial charge in [-0.2, -0.15) is 0 Å². The van der Waals surface area contributed by atoms with Crippen LogP contribution in [0.2, 0.25) is 0 Å². The fraction of sp³-hybridized carbons (Fsp3) is 0.500. The number of nitrogens with one attached hydrogen (secondary N) is 1. The molecule has 1 aliphatic rings. The molecule has 3 rings (SSSR count). The van der Waals surface area contributed by atoms with Crippen LogP contribution in [0.1, 0.15) is 34.6 Å². The van der Waals surface area contributed by atoms with E-state index in [9.17, 15) is 4.79 Å². The van der Waals surface area contributed by atoms with E-state index in [0.717, 1.165) is 48.0 Å². The molecule has 1 unspecified atom stereocenters. The quantitative estimate of drug-likeness (QED) is 0.941. The van der Waals surface area contributed by atoms with Crippen LogP contribution < -0.4 is 5.32 Å². The molecule has 2 aromatic heterocycles. The molecular formula is C16H22N4OS. The Balaban J connectivity index is 1.92. The predicted octanol–water partition coefficient (Wildman–Crippen LogP) is 2.37. The van der Waals surface area contributed by atoms with Gasteiger partial charge in [-0.25, -0.2) is 4.98 Å². The number of hydrogen-bond acceptors (Lipinski definition) is 4. The summed E-state index contributed by atoms with van der Waals surface area (Å²) < 4.78 is 2.07. The summed E-state index contributed by atoms with van der Waals surface area (Å²) in [6, 6.07) is 2.30. The van der Waals surface area contributed by atoms with Crippen molar-refractivity contribution in [2.24, 2.45) is 0 Å². The molecule has 5 nitrogen and oxygen atoms in total. The molecule has 0 radical (unpaired) electrons. The number of aromatic nitrogens is 2. The van der Waals surface area contributed by atoms with Crippen molar-refractivity contribution in [3.05, 3.63) is 34.6 Å². The van der Waals surface area contributed by atoms with E-state index >= 15 is 0 Å². The SMILES string of the molecule is CNCC1CCCN1C(=O)c1cc(C)n(-c2nccs2)c1C. The summed E-state index contributed by atoms with van der Waals surface area (Å²) in [4.78, 5) is 19.3. The Hall–Kier alpha value is -1.66. The third kappa shape index (κ3) is 2.57. The van der Waals surface area contributed by atoms with Gasteiger partial charge in [-0.3, -0.25) is 9.36 Å². The molecule has 0 spiro atoms. The summed E-state index contributed by atoms with van der Waals surface area (Å²) in [5, 5.41) is 6.07. The van der Waals surface area contributed by atoms with Crippen molar-refractivity contribution in [3.63, 3.8) is 0 Å². The molecular weight excluding hydrogens is 296 g/mol. The van der Waals surface area contributed by atoms with Crippen molar-refractivity contribution in [2.45, 2.75) is 32.7 Å². The molecule has 1 N–H and O–H groups in total. The van der Waals surface area contributed by atoms with E-state index in [-0.39, 0.29) is 5.91 Å². The first-order valence-corrected chi connectivity index (χ1v) is 8.55. The molecule has 6 heteroatoms. The summed E-state index contributed by atoms with van der Waals surface area (Å²) in [5.41, 5.74) is 2.84. The van der Waals surface area contributed by atoms with Crippen molar-refractivity contribution >= 4 is 17.2 Å². The summed E-state index contributed by atoms with van der Waals surface area (Å²) in [7, 11) is 1.94. The van der Waals surface area contributed by atoms with Crippen molar-refractivity contribution < 1.29 is 4.79 Å². The van der Waals surface area contributed by atoms with Gasteiger partial charge in [0.05, 0.1) is 5.56 Å². The van der Waals surface area contributed by atoms with Gasteiger partial charge in [0.15, 0.2) is 5.13 Å². The molecule has 1 fully saturated rings. The van der Waals surface area contributed by atoms with Crippen LogP contribution in [0.3, 0.4) is 0 Å². The Kier molecular flexibility index (Phi) is 4.31. The van der Waals surface area contributed by atoms with E-state index in [2.05, 4.69) is 14.9 Å². The van der Waals surface area contributed by atoms with Gasteiger partial charge in [0.25, 0.3) is 5.91 Å². The smallest absolute Gasteiger partial charge is 0.255 e. The number of likely N-dealkylation sites (N-methyl/N-ethyl adjacent to an activating group) is 1. The molecule has 0 bridgehead atoms. The van der Waals surface area contributed by atoms with E-state index in [0.29, 0.717) is 6.04 Å². The second-order valence-corrected chi connectivity index (χ2v) is 6.66. The zero-order valence-electron chi connectivity index (χ0n) is 13.3. The fourth-order valence-electron chi connectivity index (χ4n) is 3.31. The number of nitrogens with zero attached hydrogens (tertiary/aromatic N) is 3. The van der Waals surface area contributed by atoms with Crippen molar-refractivity contribution in [1.29, 1.82) is 0 Å². The zero-order valence-corrected chi connectivity index (χ0v) is 14.1. The minimum Gasteiger partial charge on any atom is -0.334 e. The first-order valence-electron chi connectivity index (χ1n) is 7.68. The van der Waals surface area contributed by atoms with Crippen LogP contribution >= 0.6 is 11.3 Å². The molecule has 0 aliphatic carbocycles. The Morgan fingerprint density at radius 2 is 2.32 bits per heavy atom. The van der Waals surface area contributed by atoms with Crippen LogP contribution in [0, 0.1) is 13.8 Å². The monoisotopic (exact) mass is 318 g/mol. The number of aryl methyl sites for hydroxylation is 1. The van der Waals surface area contributed by atoms with Crippen molar-refractivity contribution in [1.82, 2.24) is 19.8 Å². The first-order chi connectivity index (χ1) is 10.6. The summed E-state index contributed by atoms with van der Waals surface area (Å²) in [6.45, 7) is 5.74. The first kappa shape index (κ1) is 15.2. The van der Waals surface area contributed by atoms with E-state index < -0.39 is 0 Å². The summed E-state index contributed by atoms with van der Waals surface area (Å²) in [6.07, 6.45) is 3.96. The van der Waals surface area contributed by atoms with E-state index in [4.69, 9.17) is 0 Å². The molecule has 0 aromatic carbocycles. The normalized spacial score (nSPS) is 18.1. The number of amides is 1. The van der Waals surface area contributed by atoms with Crippen LogP contribution in [0.4, 0.5) is 0 Å². The average molecular weight is 318 g/mol. The van der Waals surface area contributed by atoms with Crippen molar-refractivity contribution in [2.75, 3.05) is 20.1 Å². The van der Waals surface area contributed by atoms with Gasteiger partial charge in [0.1, 0.15) is 0 Å². The second kappa shape index (κ2) is 6.22. The average Bonchev–Trinajstić information content (AvgIpc) is 3.20. The highest BCUT2D eigenvalue weighted by molar-refractivity contribution is 7.12. The molecule has 0 saturated carbocycles. The Bertz CT molecular complexity index is 662. The number of hydrogen-bond donors (Lipinski definition) is 1. The van der Waals surface area contributed by atoms with Gasteiger partial charge in [0.2, 0.25) is 0 Å². The number of carbonyl (C=O) groups excluding carboxylic acids is 1. The molecule has 1 saturated heterocycles. The third-order valence-corrected chi connectivity index (χ3v) is 5.11. The van der Waals surface area contributed by atoms with Crippen LogP contribution in [-0.2, 0) is 0 Å². The number of likely N-dealkylation sites (tertiary alicyclic amines) is 1. The lowest BCUT2D eigenvalue weighted by Crippen LogP contribution is -2.41. The van der Waals surface area contributed by atoms with Crippen LogP contribution in [0.15, 0.2) is 17.6 Å². The maximum atomic E-state index is 13.0. The highest BCUT2D eigenvalue weighted by Crippen LogP contribution is 2.26. The maximum Gasteiger partial charge on any atom is 0.255 e. The Labute approximate surface area is 135 Å². The van der Waals surface area contributed by atoms with Gasteiger partial charge >= 0.3 is 0 Å². The van der Waals surface area contributed by atoms with Gasteiger partial charge in [-0.1, -0.05) is 0 Å². The topological polar surface area (TPSA) is 50.2 Å². The summed E-state index contributed by atoms with van der Waals surface area (Å²) >= 11 is 1.59. The molecule has 1 atom stereocenters. The maximum absolute atomic E-state index is 13.0. The van der Waals surface area contributed by atoms with Gasteiger partial charge in [-0.05, 0) is 39.8 Å². The third-order valence-electron chi connectivity index (χ3n) is 4.35. The van der Waals surface area contributed by atoms with Crippen LogP contribution in [0.5, 0.6) is 0 Å². The van der Waals surface area contributed by atoms with Gasteiger partial charge < -0.3 is 10.2 Å². The number of thiazole rings is 1. The highest BCUT2D eigenvalue weighted by Gasteiger charge is 2.31. The number of rotatable bonds is 4. The largest absolute Gasteiger partial charge is 0.334 e. The van der Waals surface area contributed by atoms with Gasteiger partial charge in [0, 0.05) is 42.1 Å². The molecule has 3 heterocycles. The summed E-state index contributed by atoms with van der Waals surface area (Å²) in [5.74, 6) is 0.147. The molecule has 118 valence electrons. The Morgan fingerprint density at radius 3 is 3.00 bits per heavy atom. The van der Waals surface area contributed by atoms with Crippen LogP contribution in [0.25, 0.3) is 5.13 Å². The lowest BCUT2D eigenvalue weighted by molar-refractivity contribution is 0.0736. The molecule has 1 amide bonds. The van der Waals surface area contributed by atoms with E-state index in [1.54, 1.807) is 17.5 Å². The lowest BCUT2D eigenvalue weighted by Gasteiger charge is -2.24. The standard InChI is InChI=1S/C16H22N4OS/c1-11-9-14(12(2)20(11)16-18-6-8-22-16)15(21)19-7-4-5-13(19)10-17-3/h6,8-9,13,17H,4-5,7,10H2,1-3H3. The molecule has 1 aliphatic heterocycles. The minimum atomic E-state index is 0.147. The van der Waals surface area contributed by atoms with E-state index in [1.165, 1.54) is 0 Å². The Morgan fingerprint density at radius 1 is 1.50 bits per heavy atom. The van der Waals surface area contributed by atoms with Crippen LogP contribution in [-0.4, -0.2) is 46.5 Å². The van der Waals surface area contributed by atoms with E-state index in [1.807, 2.05) is 37.2 Å². The lowest BCUT2D eigenvalue weighted by atomic mass is 10.2. The fourth-order valence-corrected chi connectivity index (χ4v) is 4.06. The minimum absolute atomic E-state index is 0.147. The molecule has 22 heavy (non-hydrogen) atoms. The number of carbonyl (C=O) groups is 1. The molecule has 2 aromatic rings. The second-order valence-electron chi connectivity index (χ2n) is 5.79. The van der Waals surface area contributed by atoms with Gasteiger partial charge in [-0.15, -0.1) is 11.3 Å². The predicted molar refractivity (Wildman–Crippen MR) is 88.9 cm³/mol. The zero-order chi connectivity index (χ0) is 15.7. The van der Waals surface area contributed by atoms with Crippen molar-refractivity contribution in [3.8, 4) is 5.13 Å².